The van der Waals surface area contributed by atoms with Gasteiger partial charge in [-0.05, 0) is 33.6 Å². The number of aromatic nitrogens is 3. The van der Waals surface area contributed by atoms with Crippen molar-refractivity contribution in [3.8, 4) is 0 Å². The zero-order chi connectivity index (χ0) is 19.4. The molecule has 9 nitrogen and oxygen atoms in total. The van der Waals surface area contributed by atoms with Crippen molar-refractivity contribution in [2.45, 2.75) is 71.2 Å². The van der Waals surface area contributed by atoms with Crippen LogP contribution in [0.3, 0.4) is 0 Å². The molecule has 1 aromatic rings. The smallest absolute Gasteiger partial charge is 0.410 e. The van der Waals surface area contributed by atoms with Crippen LogP contribution >= 0.6 is 24.0 Å². The van der Waals surface area contributed by atoms with Gasteiger partial charge in [-0.15, -0.1) is 34.2 Å². The highest BCUT2D eigenvalue weighted by Crippen LogP contribution is 2.16. The van der Waals surface area contributed by atoms with Gasteiger partial charge in [0.25, 0.3) is 0 Å². The van der Waals surface area contributed by atoms with Crippen LogP contribution in [0.4, 0.5) is 4.79 Å². The number of halogens is 1. The lowest BCUT2D eigenvalue weighted by atomic mass is 10.1. The number of aliphatic imine (C=N–C) groups is 1. The fraction of sp³-hybridized carbons (Fsp3) is 0.778. The minimum absolute atomic E-state index is 0. The lowest BCUT2D eigenvalue weighted by molar-refractivity contribution is 0.00701. The number of amides is 1. The Hall–Kier alpha value is -1.59. The van der Waals surface area contributed by atoms with Gasteiger partial charge in [-0.3, -0.25) is 4.99 Å². The molecule has 0 radical (unpaired) electrons. The predicted octanol–water partition coefficient (Wildman–Crippen LogP) is 1.91. The third-order valence-corrected chi connectivity index (χ3v) is 4.70. The van der Waals surface area contributed by atoms with Gasteiger partial charge in [0.2, 0.25) is 0 Å². The van der Waals surface area contributed by atoms with Gasteiger partial charge in [0.15, 0.2) is 11.8 Å². The summed E-state index contributed by atoms with van der Waals surface area (Å²) in [5.74, 6) is 2.73. The topological polar surface area (TPSA) is 96.7 Å². The summed E-state index contributed by atoms with van der Waals surface area (Å²) in [5, 5.41) is 15.3. The Morgan fingerprint density at radius 3 is 2.68 bits per heavy atom. The molecule has 28 heavy (non-hydrogen) atoms. The number of hydrogen-bond donors (Lipinski definition) is 2. The molecule has 2 aliphatic rings. The number of guanidine groups is 1. The Balaban J connectivity index is 0.00000280. The van der Waals surface area contributed by atoms with Crippen LogP contribution in [0.15, 0.2) is 4.99 Å². The van der Waals surface area contributed by atoms with Gasteiger partial charge in [-0.25, -0.2) is 4.79 Å². The van der Waals surface area contributed by atoms with Gasteiger partial charge in [-0.1, -0.05) is 6.42 Å². The Morgan fingerprint density at radius 1 is 1.25 bits per heavy atom. The van der Waals surface area contributed by atoms with Crippen LogP contribution in [0.5, 0.6) is 0 Å². The first-order valence-corrected chi connectivity index (χ1v) is 9.72. The number of nitrogens with one attached hydrogen (secondary N) is 2. The zero-order valence-corrected chi connectivity index (χ0v) is 19.5. The number of fused-ring (bicyclic) bond motifs is 1. The van der Waals surface area contributed by atoms with Gasteiger partial charge in [0.05, 0.1) is 12.6 Å². The van der Waals surface area contributed by atoms with Crippen molar-refractivity contribution in [2.24, 2.45) is 4.99 Å². The fourth-order valence-electron chi connectivity index (χ4n) is 3.27. The van der Waals surface area contributed by atoms with E-state index in [-0.39, 0.29) is 36.1 Å². The molecule has 1 aromatic heterocycles. The molecule has 2 N–H and O–H groups in total. The van der Waals surface area contributed by atoms with Crippen LogP contribution in [-0.4, -0.2) is 63.5 Å². The van der Waals surface area contributed by atoms with Gasteiger partial charge in [0.1, 0.15) is 11.4 Å². The number of likely N-dealkylation sites (tertiary alicyclic amines) is 1. The molecule has 0 aliphatic carbocycles. The summed E-state index contributed by atoms with van der Waals surface area (Å²) in [6.07, 6.45) is 4.34. The van der Waals surface area contributed by atoms with E-state index in [1.54, 1.807) is 11.9 Å². The molecule has 0 bridgehead atoms. The molecular weight excluding hydrogens is 473 g/mol. The van der Waals surface area contributed by atoms with Gasteiger partial charge in [-0.2, -0.15) is 0 Å². The molecule has 1 fully saturated rings. The predicted molar refractivity (Wildman–Crippen MR) is 118 cm³/mol. The van der Waals surface area contributed by atoms with Crippen LogP contribution in [0.25, 0.3) is 0 Å². The van der Waals surface area contributed by atoms with E-state index in [1.165, 1.54) is 19.3 Å². The Labute approximate surface area is 183 Å². The van der Waals surface area contributed by atoms with E-state index in [9.17, 15) is 4.79 Å². The average molecular weight is 505 g/mol. The summed E-state index contributed by atoms with van der Waals surface area (Å²) in [6, 6.07) is 0.166. The summed E-state index contributed by atoms with van der Waals surface area (Å²) in [5.41, 5.74) is -0.469. The number of rotatable bonds is 3. The van der Waals surface area contributed by atoms with Gasteiger partial charge in [0, 0.05) is 33.1 Å². The van der Waals surface area contributed by atoms with E-state index >= 15 is 0 Å². The number of ether oxygens (including phenoxy) is 1. The molecular formula is C18H32IN7O2. The third kappa shape index (κ3) is 5.95. The van der Waals surface area contributed by atoms with Crippen molar-refractivity contribution in [2.75, 3.05) is 20.1 Å². The second kappa shape index (κ2) is 9.75. The van der Waals surface area contributed by atoms with E-state index < -0.39 is 5.60 Å². The lowest BCUT2D eigenvalue weighted by Crippen LogP contribution is -2.63. The average Bonchev–Trinajstić information content (AvgIpc) is 2.78. The molecule has 158 valence electrons. The molecule has 10 heteroatoms. The SMILES string of the molecule is CN=C(NCc1nnc2n1CCCCC2)NC1CN(C(=O)OC(C)(C)C)C1.I. The molecule has 0 spiro atoms. The molecule has 0 atom stereocenters. The summed E-state index contributed by atoms with van der Waals surface area (Å²) >= 11 is 0. The summed E-state index contributed by atoms with van der Waals surface area (Å²) in [4.78, 5) is 18.0. The van der Waals surface area contributed by atoms with Crippen LogP contribution in [-0.2, 0) is 24.2 Å². The van der Waals surface area contributed by atoms with Crippen LogP contribution in [0.1, 0.15) is 51.7 Å². The standard InChI is InChI=1S/C18H31N7O2.HI/c1-18(2,3)27-17(26)24-11-13(12-24)21-16(19-4)20-10-15-23-22-14-8-6-5-7-9-25(14)15;/h13H,5-12H2,1-4H3,(H2,19,20,21);1H. The highest BCUT2D eigenvalue weighted by molar-refractivity contribution is 14.0. The third-order valence-electron chi connectivity index (χ3n) is 4.70. The normalized spacial score (nSPS) is 17.7. The fourth-order valence-corrected chi connectivity index (χ4v) is 3.27. The highest BCUT2D eigenvalue weighted by Gasteiger charge is 2.34. The molecule has 0 unspecified atom stereocenters. The van der Waals surface area contributed by atoms with E-state index in [1.807, 2.05) is 20.8 Å². The maximum Gasteiger partial charge on any atom is 0.410 e. The Morgan fingerprint density at radius 2 is 2.00 bits per heavy atom. The highest BCUT2D eigenvalue weighted by atomic mass is 127. The van der Waals surface area contributed by atoms with Crippen molar-refractivity contribution < 1.29 is 9.53 Å². The maximum absolute atomic E-state index is 12.0. The first kappa shape index (κ1) is 22.7. The minimum atomic E-state index is -0.469. The van der Waals surface area contributed by atoms with Crippen molar-refractivity contribution in [1.82, 2.24) is 30.3 Å². The van der Waals surface area contributed by atoms with Crippen LogP contribution in [0, 0.1) is 0 Å². The van der Waals surface area contributed by atoms with Gasteiger partial charge >= 0.3 is 6.09 Å². The van der Waals surface area contributed by atoms with Crippen LogP contribution in [0.2, 0.25) is 0 Å². The second-order valence-electron chi connectivity index (χ2n) is 8.15. The molecule has 3 heterocycles. The lowest BCUT2D eigenvalue weighted by Gasteiger charge is -2.40. The first-order valence-electron chi connectivity index (χ1n) is 9.72. The van der Waals surface area contributed by atoms with E-state index in [0.717, 1.165) is 24.6 Å². The molecule has 0 aromatic carbocycles. The number of carbonyl (C=O) groups excluding carboxylic acids is 1. The second-order valence-corrected chi connectivity index (χ2v) is 8.15. The zero-order valence-electron chi connectivity index (χ0n) is 17.2. The monoisotopic (exact) mass is 505 g/mol. The number of carbonyl (C=O) groups is 1. The number of hydrogen-bond acceptors (Lipinski definition) is 5. The molecule has 2 aliphatic heterocycles. The minimum Gasteiger partial charge on any atom is -0.444 e. The first-order chi connectivity index (χ1) is 12.9. The van der Waals surface area contributed by atoms with Crippen LogP contribution < -0.4 is 10.6 Å². The number of nitrogens with zero attached hydrogens (tertiary/aromatic N) is 5. The van der Waals surface area contributed by atoms with Crippen molar-refractivity contribution in [3.05, 3.63) is 11.6 Å². The van der Waals surface area contributed by atoms with E-state index in [4.69, 9.17) is 4.74 Å². The van der Waals surface area contributed by atoms with E-state index in [2.05, 4.69) is 30.4 Å². The van der Waals surface area contributed by atoms with Crippen molar-refractivity contribution in [1.29, 1.82) is 0 Å². The van der Waals surface area contributed by atoms with Gasteiger partial charge < -0.3 is 24.8 Å². The molecule has 1 saturated heterocycles. The number of aryl methyl sites for hydroxylation is 1. The van der Waals surface area contributed by atoms with E-state index in [0.29, 0.717) is 25.6 Å². The van der Waals surface area contributed by atoms with Crippen molar-refractivity contribution >= 4 is 36.0 Å². The largest absolute Gasteiger partial charge is 0.444 e. The maximum atomic E-state index is 12.0. The quantitative estimate of drug-likeness (QED) is 0.370. The molecule has 3 rings (SSSR count). The summed E-state index contributed by atoms with van der Waals surface area (Å²) in [7, 11) is 1.74. The molecule has 0 saturated carbocycles. The van der Waals surface area contributed by atoms with Crippen molar-refractivity contribution in [3.63, 3.8) is 0 Å². The molecule has 1 amide bonds. The Bertz CT molecular complexity index is 693. The summed E-state index contributed by atoms with van der Waals surface area (Å²) in [6.45, 7) is 8.39. The Kier molecular flexibility index (Phi) is 7.90. The summed E-state index contributed by atoms with van der Waals surface area (Å²) < 4.78 is 7.60.